The summed E-state index contributed by atoms with van der Waals surface area (Å²) in [6.45, 7) is 1.95. The zero-order chi connectivity index (χ0) is 22.7. The maximum atomic E-state index is 13.3. The second kappa shape index (κ2) is 9.23. The molecule has 1 amide bonds. The fourth-order valence-electron chi connectivity index (χ4n) is 3.55. The summed E-state index contributed by atoms with van der Waals surface area (Å²) in [5.41, 5.74) is 2.15. The van der Waals surface area contributed by atoms with Crippen molar-refractivity contribution in [1.29, 1.82) is 0 Å². The molecular weight excluding hydrogens is 426 g/mol. The van der Waals surface area contributed by atoms with Crippen LogP contribution in [0.15, 0.2) is 69.6 Å². The van der Waals surface area contributed by atoms with Crippen molar-refractivity contribution >= 4 is 33.1 Å². The van der Waals surface area contributed by atoms with Crippen LogP contribution in [0.4, 0.5) is 5.69 Å². The molecule has 0 bridgehead atoms. The van der Waals surface area contributed by atoms with Crippen molar-refractivity contribution in [2.75, 3.05) is 12.4 Å². The number of methoxy groups -OCH3 is 1. The number of thiophene rings is 1. The zero-order valence-electron chi connectivity index (χ0n) is 17.8. The Morgan fingerprint density at radius 1 is 1.03 bits per heavy atom. The molecule has 0 aliphatic heterocycles. The highest BCUT2D eigenvalue weighted by atomic mass is 32.1. The van der Waals surface area contributed by atoms with E-state index in [2.05, 4.69) is 12.2 Å². The van der Waals surface area contributed by atoms with Gasteiger partial charge in [0.15, 0.2) is 0 Å². The van der Waals surface area contributed by atoms with Crippen LogP contribution in [-0.4, -0.2) is 22.2 Å². The molecule has 0 atom stereocenters. The highest BCUT2D eigenvalue weighted by Gasteiger charge is 2.17. The van der Waals surface area contributed by atoms with E-state index in [4.69, 9.17) is 4.74 Å². The van der Waals surface area contributed by atoms with Crippen LogP contribution in [0.5, 0.6) is 5.75 Å². The fourth-order valence-corrected chi connectivity index (χ4v) is 4.39. The Bertz CT molecular complexity index is 1380. The number of amides is 1. The molecule has 1 N–H and O–H groups in total. The second-order valence-electron chi connectivity index (χ2n) is 7.35. The SMILES string of the molecule is CCc1ccc(NC(=O)Cn2c(=O)n(Cc3cccc(OC)c3)c(=O)c3sccc32)cc1. The summed E-state index contributed by atoms with van der Waals surface area (Å²) in [6.07, 6.45) is 0.911. The van der Waals surface area contributed by atoms with Crippen molar-refractivity contribution in [3.05, 3.63) is 91.9 Å². The number of hydrogen-bond acceptors (Lipinski definition) is 5. The zero-order valence-corrected chi connectivity index (χ0v) is 18.6. The number of hydrogen-bond donors (Lipinski definition) is 1. The maximum Gasteiger partial charge on any atom is 0.332 e. The molecule has 0 aliphatic carbocycles. The van der Waals surface area contributed by atoms with Gasteiger partial charge in [-0.3, -0.25) is 18.7 Å². The number of nitrogens with one attached hydrogen (secondary N) is 1. The van der Waals surface area contributed by atoms with Gasteiger partial charge in [0.25, 0.3) is 5.56 Å². The third kappa shape index (κ3) is 4.36. The van der Waals surface area contributed by atoms with Gasteiger partial charge in [-0.15, -0.1) is 11.3 Å². The van der Waals surface area contributed by atoms with E-state index in [9.17, 15) is 14.4 Å². The Morgan fingerprint density at radius 3 is 2.53 bits per heavy atom. The monoisotopic (exact) mass is 449 g/mol. The maximum absolute atomic E-state index is 13.3. The predicted molar refractivity (Wildman–Crippen MR) is 127 cm³/mol. The lowest BCUT2D eigenvalue weighted by molar-refractivity contribution is -0.116. The number of aryl methyl sites for hydroxylation is 1. The molecule has 2 aromatic carbocycles. The fraction of sp³-hybridized carbons (Fsp3) is 0.208. The van der Waals surface area contributed by atoms with E-state index in [-0.39, 0.29) is 24.6 Å². The van der Waals surface area contributed by atoms with E-state index in [1.807, 2.05) is 30.3 Å². The molecule has 0 spiro atoms. The molecule has 4 rings (SSSR count). The number of benzene rings is 2. The third-order valence-electron chi connectivity index (χ3n) is 5.26. The summed E-state index contributed by atoms with van der Waals surface area (Å²) < 4.78 is 8.19. The molecular formula is C24H23N3O4S. The molecule has 0 fully saturated rings. The van der Waals surface area contributed by atoms with E-state index < -0.39 is 5.69 Å². The smallest absolute Gasteiger partial charge is 0.332 e. The Balaban J connectivity index is 1.67. The van der Waals surface area contributed by atoms with Crippen molar-refractivity contribution in [2.45, 2.75) is 26.4 Å². The molecule has 2 heterocycles. The van der Waals surface area contributed by atoms with Gasteiger partial charge in [0.1, 0.15) is 17.0 Å². The molecule has 0 saturated heterocycles. The average Bonchev–Trinajstić information content (AvgIpc) is 3.30. The minimum absolute atomic E-state index is 0.0861. The van der Waals surface area contributed by atoms with Crippen LogP contribution in [0.2, 0.25) is 0 Å². The standard InChI is InChI=1S/C24H23N3O4S/c1-3-16-7-9-18(10-8-16)25-21(28)15-26-20-11-12-32-22(20)23(29)27(24(26)30)14-17-5-4-6-19(13-17)31-2/h4-13H,3,14-15H2,1-2H3,(H,25,28). The quantitative estimate of drug-likeness (QED) is 0.468. The first-order valence-electron chi connectivity index (χ1n) is 10.2. The summed E-state index contributed by atoms with van der Waals surface area (Å²) in [5.74, 6) is 0.303. The lowest BCUT2D eigenvalue weighted by atomic mass is 10.1. The van der Waals surface area contributed by atoms with Crippen LogP contribution in [0, 0.1) is 0 Å². The average molecular weight is 450 g/mol. The highest BCUT2D eigenvalue weighted by Crippen LogP contribution is 2.17. The van der Waals surface area contributed by atoms with Gasteiger partial charge >= 0.3 is 5.69 Å². The van der Waals surface area contributed by atoms with Gasteiger partial charge in [0.2, 0.25) is 5.91 Å². The van der Waals surface area contributed by atoms with Crippen molar-refractivity contribution in [1.82, 2.24) is 9.13 Å². The second-order valence-corrected chi connectivity index (χ2v) is 8.26. The Morgan fingerprint density at radius 2 is 1.81 bits per heavy atom. The molecule has 32 heavy (non-hydrogen) atoms. The summed E-state index contributed by atoms with van der Waals surface area (Å²) in [5, 5.41) is 4.57. The lowest BCUT2D eigenvalue weighted by Crippen LogP contribution is -2.41. The first kappa shape index (κ1) is 21.6. The van der Waals surface area contributed by atoms with Crippen molar-refractivity contribution in [3.8, 4) is 5.75 Å². The molecule has 0 aliphatic rings. The number of carbonyl (C=O) groups excluding carboxylic acids is 1. The predicted octanol–water partition coefficient (Wildman–Crippen LogP) is 3.48. The Labute approximate surface area is 188 Å². The Hall–Kier alpha value is -3.65. The van der Waals surface area contributed by atoms with Crippen LogP contribution >= 0.6 is 11.3 Å². The topological polar surface area (TPSA) is 82.3 Å². The molecule has 7 nitrogen and oxygen atoms in total. The van der Waals surface area contributed by atoms with Gasteiger partial charge in [0, 0.05) is 5.69 Å². The number of ether oxygens (including phenoxy) is 1. The summed E-state index contributed by atoms with van der Waals surface area (Å²) in [4.78, 5) is 39.0. The number of fused-ring (bicyclic) bond motifs is 1. The van der Waals surface area contributed by atoms with Crippen LogP contribution < -0.4 is 21.3 Å². The molecule has 164 valence electrons. The van der Waals surface area contributed by atoms with Gasteiger partial charge in [0.05, 0.1) is 19.2 Å². The minimum Gasteiger partial charge on any atom is -0.497 e. The number of anilines is 1. The lowest BCUT2D eigenvalue weighted by Gasteiger charge is -2.13. The first-order valence-corrected chi connectivity index (χ1v) is 11.1. The first-order chi connectivity index (χ1) is 15.5. The molecule has 8 heteroatoms. The van der Waals surface area contributed by atoms with Crippen molar-refractivity contribution in [3.63, 3.8) is 0 Å². The van der Waals surface area contributed by atoms with Crippen LogP contribution in [0.1, 0.15) is 18.1 Å². The number of rotatable bonds is 7. The minimum atomic E-state index is -0.528. The number of nitrogens with zero attached hydrogens (tertiary/aromatic N) is 2. The summed E-state index contributed by atoms with van der Waals surface area (Å²) in [7, 11) is 1.56. The number of carbonyl (C=O) groups is 1. The summed E-state index contributed by atoms with van der Waals surface area (Å²) >= 11 is 1.25. The van der Waals surface area contributed by atoms with Gasteiger partial charge in [-0.1, -0.05) is 31.2 Å². The molecule has 0 unspecified atom stereocenters. The molecule has 2 aromatic heterocycles. The molecule has 0 saturated carbocycles. The largest absolute Gasteiger partial charge is 0.497 e. The number of aromatic nitrogens is 2. The van der Waals surface area contributed by atoms with Gasteiger partial charge in [-0.05, 0) is 53.3 Å². The Kier molecular flexibility index (Phi) is 6.23. The highest BCUT2D eigenvalue weighted by molar-refractivity contribution is 7.17. The summed E-state index contributed by atoms with van der Waals surface area (Å²) in [6, 6.07) is 16.5. The van der Waals surface area contributed by atoms with Crippen molar-refractivity contribution < 1.29 is 9.53 Å². The van der Waals surface area contributed by atoms with E-state index in [1.165, 1.54) is 21.5 Å². The van der Waals surface area contributed by atoms with E-state index in [0.29, 0.717) is 21.7 Å². The van der Waals surface area contributed by atoms with Gasteiger partial charge in [-0.25, -0.2) is 4.79 Å². The van der Waals surface area contributed by atoms with Crippen LogP contribution in [0.25, 0.3) is 10.2 Å². The van der Waals surface area contributed by atoms with Crippen molar-refractivity contribution in [2.24, 2.45) is 0 Å². The van der Waals surface area contributed by atoms with E-state index in [1.54, 1.807) is 36.8 Å². The van der Waals surface area contributed by atoms with Crippen LogP contribution in [0.3, 0.4) is 0 Å². The third-order valence-corrected chi connectivity index (χ3v) is 6.15. The molecule has 0 radical (unpaired) electrons. The van der Waals surface area contributed by atoms with E-state index in [0.717, 1.165) is 16.6 Å². The molecule has 4 aromatic rings. The normalized spacial score (nSPS) is 10.9. The van der Waals surface area contributed by atoms with Gasteiger partial charge < -0.3 is 10.1 Å². The van der Waals surface area contributed by atoms with E-state index >= 15 is 0 Å². The van der Waals surface area contributed by atoms with Gasteiger partial charge in [-0.2, -0.15) is 0 Å². The van der Waals surface area contributed by atoms with Crippen LogP contribution in [-0.2, 0) is 24.3 Å².